The highest BCUT2D eigenvalue weighted by Crippen LogP contribution is 2.32. The van der Waals surface area contributed by atoms with E-state index in [9.17, 15) is 22.8 Å². The largest absolute Gasteiger partial charge is 0.522 e. The van der Waals surface area contributed by atoms with Crippen LogP contribution in [0.15, 0.2) is 30.3 Å². The van der Waals surface area contributed by atoms with Crippen LogP contribution in [0.4, 0.5) is 19.0 Å². The van der Waals surface area contributed by atoms with Gasteiger partial charge in [-0.15, -0.1) is 13.2 Å². The Labute approximate surface area is 199 Å². The summed E-state index contributed by atoms with van der Waals surface area (Å²) < 4.78 is 45.6. The van der Waals surface area contributed by atoms with Gasteiger partial charge in [0, 0.05) is 35.2 Å². The number of halogens is 4. The number of hydrogen-bond donors (Lipinski definition) is 2. The Kier molecular flexibility index (Phi) is 7.59. The second kappa shape index (κ2) is 10.5. The van der Waals surface area contributed by atoms with E-state index in [1.807, 2.05) is 6.07 Å². The molecule has 34 heavy (non-hydrogen) atoms. The summed E-state index contributed by atoms with van der Waals surface area (Å²) >= 11 is 5.98. The molecule has 2 saturated carbocycles. The highest BCUT2D eigenvalue weighted by molar-refractivity contribution is 6.31. The summed E-state index contributed by atoms with van der Waals surface area (Å²) in [5.74, 6) is -0.109. The smallest absolute Gasteiger partial charge is 0.368 e. The average molecular weight is 500 g/mol. The molecule has 0 unspecified atom stereocenters. The Morgan fingerprint density at radius 2 is 1.79 bits per heavy atom. The number of nitrogens with zero attached hydrogens (tertiary/aromatic N) is 1. The minimum atomic E-state index is -4.65. The molecule has 184 valence electrons. The predicted molar refractivity (Wildman–Crippen MR) is 119 cm³/mol. The number of amides is 2. The van der Waals surface area contributed by atoms with E-state index in [1.165, 1.54) is 0 Å². The van der Waals surface area contributed by atoms with Gasteiger partial charge < -0.3 is 15.4 Å². The number of pyridine rings is 1. The molecule has 0 radical (unpaired) electrons. The summed E-state index contributed by atoms with van der Waals surface area (Å²) in [4.78, 5) is 29.2. The van der Waals surface area contributed by atoms with Gasteiger partial charge in [0.2, 0.25) is 11.8 Å². The monoisotopic (exact) mass is 499 g/mol. The van der Waals surface area contributed by atoms with Crippen LogP contribution in [0.2, 0.25) is 5.02 Å². The molecule has 0 aliphatic heterocycles. The van der Waals surface area contributed by atoms with Crippen molar-refractivity contribution in [2.75, 3.05) is 11.9 Å². The van der Waals surface area contributed by atoms with E-state index in [0.717, 1.165) is 10.9 Å². The fourth-order valence-electron chi connectivity index (χ4n) is 4.30. The van der Waals surface area contributed by atoms with Crippen molar-refractivity contribution in [3.05, 3.63) is 35.4 Å². The van der Waals surface area contributed by atoms with E-state index in [4.69, 9.17) is 16.3 Å². The van der Waals surface area contributed by atoms with Crippen LogP contribution < -0.4 is 10.6 Å². The van der Waals surface area contributed by atoms with Crippen molar-refractivity contribution in [1.82, 2.24) is 10.3 Å². The number of alkyl halides is 3. The van der Waals surface area contributed by atoms with E-state index in [-0.39, 0.29) is 43.2 Å². The van der Waals surface area contributed by atoms with Gasteiger partial charge in [0.1, 0.15) is 12.4 Å². The molecule has 0 saturated heterocycles. The lowest BCUT2D eigenvalue weighted by Crippen LogP contribution is -2.44. The molecule has 0 bridgehead atoms. The lowest BCUT2D eigenvalue weighted by Gasteiger charge is -2.35. The highest BCUT2D eigenvalue weighted by Gasteiger charge is 2.40. The first-order valence-corrected chi connectivity index (χ1v) is 11.5. The van der Waals surface area contributed by atoms with E-state index in [2.05, 4.69) is 20.4 Å². The average Bonchev–Trinajstić information content (AvgIpc) is 2.75. The lowest BCUT2D eigenvalue weighted by atomic mass is 9.85. The van der Waals surface area contributed by atoms with Gasteiger partial charge in [0.05, 0.1) is 17.7 Å². The number of hydrogen-bond acceptors (Lipinski definition) is 5. The van der Waals surface area contributed by atoms with Crippen LogP contribution in [-0.2, 0) is 19.1 Å². The summed E-state index contributed by atoms with van der Waals surface area (Å²) in [5.41, 5.74) is 0.737. The zero-order chi connectivity index (χ0) is 24.3. The van der Waals surface area contributed by atoms with Crippen LogP contribution >= 0.6 is 11.6 Å². The maximum Gasteiger partial charge on any atom is 0.522 e. The molecule has 2 fully saturated rings. The molecule has 4 rings (SSSR count). The van der Waals surface area contributed by atoms with Crippen molar-refractivity contribution in [3.8, 4) is 0 Å². The normalized spacial score (nSPS) is 24.9. The summed E-state index contributed by atoms with van der Waals surface area (Å²) in [6, 6.07) is 8.87. The van der Waals surface area contributed by atoms with Crippen molar-refractivity contribution in [2.24, 2.45) is 5.92 Å². The van der Waals surface area contributed by atoms with Crippen LogP contribution in [0.3, 0.4) is 0 Å². The van der Waals surface area contributed by atoms with Crippen LogP contribution in [0, 0.1) is 5.92 Å². The van der Waals surface area contributed by atoms with Gasteiger partial charge in [-0.05, 0) is 56.0 Å². The number of rotatable bonds is 7. The number of benzene rings is 1. The van der Waals surface area contributed by atoms with E-state index in [0.29, 0.717) is 36.5 Å². The number of aromatic nitrogens is 1. The zero-order valence-corrected chi connectivity index (χ0v) is 19.0. The van der Waals surface area contributed by atoms with Crippen molar-refractivity contribution < 1.29 is 32.2 Å². The third kappa shape index (κ3) is 6.80. The molecule has 0 atom stereocenters. The molecule has 2 aliphatic carbocycles. The van der Waals surface area contributed by atoms with E-state index in [1.54, 1.807) is 24.3 Å². The third-order valence-corrected chi connectivity index (χ3v) is 6.40. The Morgan fingerprint density at radius 1 is 1.06 bits per heavy atom. The Morgan fingerprint density at radius 3 is 2.50 bits per heavy atom. The number of ether oxygens (including phenoxy) is 2. The van der Waals surface area contributed by atoms with Gasteiger partial charge in [-0.3, -0.25) is 14.3 Å². The molecule has 2 N–H and O–H groups in total. The Hall–Kier alpha value is -2.43. The van der Waals surface area contributed by atoms with Crippen molar-refractivity contribution in [2.45, 2.75) is 63.1 Å². The van der Waals surface area contributed by atoms with Crippen molar-refractivity contribution in [3.63, 3.8) is 0 Å². The SMILES string of the molecule is O=C(COC1CC(OC(F)(F)F)C1)NC1CCC(C(=O)Nc2ccc3cc(Cl)ccc3n2)CC1. The molecule has 11 heteroatoms. The molecule has 1 aromatic heterocycles. The second-order valence-corrected chi connectivity index (χ2v) is 9.17. The molecular weight excluding hydrogens is 475 g/mol. The number of anilines is 1. The number of fused-ring (bicyclic) bond motifs is 1. The van der Waals surface area contributed by atoms with E-state index >= 15 is 0 Å². The number of carbonyl (C=O) groups excluding carboxylic acids is 2. The minimum absolute atomic E-state index is 0.0635. The molecule has 1 aromatic carbocycles. The second-order valence-electron chi connectivity index (χ2n) is 8.73. The molecule has 2 amide bonds. The van der Waals surface area contributed by atoms with Gasteiger partial charge in [0.15, 0.2) is 0 Å². The van der Waals surface area contributed by atoms with Crippen LogP contribution in [-0.4, -0.2) is 48.0 Å². The maximum atomic E-state index is 12.7. The van der Waals surface area contributed by atoms with Gasteiger partial charge >= 0.3 is 6.36 Å². The van der Waals surface area contributed by atoms with Crippen LogP contribution in [0.1, 0.15) is 38.5 Å². The number of carbonyl (C=O) groups is 2. The fraction of sp³-hybridized carbons (Fsp3) is 0.522. The molecule has 0 spiro atoms. The molecule has 2 aromatic rings. The van der Waals surface area contributed by atoms with Gasteiger partial charge in [-0.25, -0.2) is 4.98 Å². The van der Waals surface area contributed by atoms with Crippen LogP contribution in [0.25, 0.3) is 10.9 Å². The van der Waals surface area contributed by atoms with Crippen LogP contribution in [0.5, 0.6) is 0 Å². The fourth-order valence-corrected chi connectivity index (χ4v) is 4.48. The summed E-state index contributed by atoms with van der Waals surface area (Å²) in [5, 5.41) is 7.25. The zero-order valence-electron chi connectivity index (χ0n) is 18.2. The predicted octanol–water partition coefficient (Wildman–Crippen LogP) is 4.59. The first-order valence-electron chi connectivity index (χ1n) is 11.2. The first-order chi connectivity index (χ1) is 16.1. The van der Waals surface area contributed by atoms with Gasteiger partial charge in [-0.1, -0.05) is 11.6 Å². The first kappa shape index (κ1) is 24.7. The van der Waals surface area contributed by atoms with Crippen molar-refractivity contribution >= 4 is 40.1 Å². The Balaban J connectivity index is 1.15. The Bertz CT molecular complexity index is 1040. The molecule has 7 nitrogen and oxygen atoms in total. The van der Waals surface area contributed by atoms with E-state index < -0.39 is 18.6 Å². The quantitative estimate of drug-likeness (QED) is 0.582. The summed E-state index contributed by atoms with van der Waals surface area (Å²) in [7, 11) is 0. The number of nitrogens with one attached hydrogen (secondary N) is 2. The molecule has 2 aliphatic rings. The minimum Gasteiger partial charge on any atom is -0.368 e. The lowest BCUT2D eigenvalue weighted by molar-refractivity contribution is -0.357. The summed E-state index contributed by atoms with van der Waals surface area (Å²) in [6.45, 7) is -0.206. The highest BCUT2D eigenvalue weighted by atomic mass is 35.5. The third-order valence-electron chi connectivity index (χ3n) is 6.17. The standard InChI is InChI=1S/C23H25ClF3N3O4/c24-15-4-7-19-14(9-15)3-8-20(29-19)30-22(32)13-1-5-16(6-2-13)28-21(31)12-33-17-10-18(11-17)34-23(25,26)27/h3-4,7-9,13,16-18H,1-2,5-6,10-12H2,(H,28,31)(H,29,30,32). The topological polar surface area (TPSA) is 89.5 Å². The summed E-state index contributed by atoms with van der Waals surface area (Å²) in [6.07, 6.45) is -3.17. The van der Waals surface area contributed by atoms with Crippen molar-refractivity contribution in [1.29, 1.82) is 0 Å². The van der Waals surface area contributed by atoms with Gasteiger partial charge in [-0.2, -0.15) is 0 Å². The maximum absolute atomic E-state index is 12.7. The molecule has 1 heterocycles. The van der Waals surface area contributed by atoms with Gasteiger partial charge in [0.25, 0.3) is 0 Å². The molecular formula is C23H25ClF3N3O4.